The van der Waals surface area contributed by atoms with Gasteiger partial charge in [-0.3, -0.25) is 9.59 Å². The van der Waals surface area contributed by atoms with Crippen LogP contribution in [0.4, 0.5) is 4.39 Å². The quantitative estimate of drug-likeness (QED) is 0.867. The van der Waals surface area contributed by atoms with Gasteiger partial charge in [0.1, 0.15) is 11.6 Å². The van der Waals surface area contributed by atoms with Crippen LogP contribution < -0.4 is 0 Å². The summed E-state index contributed by atoms with van der Waals surface area (Å²) in [4.78, 5) is 24.9. The van der Waals surface area contributed by atoms with Gasteiger partial charge in [-0.25, -0.2) is 4.39 Å². The number of carbonyl (C=O) groups excluding carboxylic acids is 1. The second kappa shape index (κ2) is 5.11. The van der Waals surface area contributed by atoms with Gasteiger partial charge in [0.05, 0.1) is 11.0 Å². The number of aromatic hydroxyl groups is 1. The molecule has 0 aromatic heterocycles. The van der Waals surface area contributed by atoms with Crippen LogP contribution in [0.1, 0.15) is 30.1 Å². The van der Waals surface area contributed by atoms with E-state index >= 15 is 0 Å². The predicted octanol–water partition coefficient (Wildman–Crippen LogP) is 1.86. The number of hydrogen-bond acceptors (Lipinski definition) is 3. The highest BCUT2D eigenvalue weighted by atomic mass is 19.1. The number of carboxylic acid groups (broad SMARTS) is 1. The Kier molecular flexibility index (Phi) is 3.65. The van der Waals surface area contributed by atoms with Crippen LogP contribution in [0, 0.1) is 11.2 Å². The zero-order valence-electron chi connectivity index (χ0n) is 11.1. The lowest BCUT2D eigenvalue weighted by molar-refractivity contribution is -0.150. The molecule has 2 rings (SSSR count). The Labute approximate surface area is 115 Å². The molecule has 0 bridgehead atoms. The Bertz CT molecular complexity index is 560. The minimum Gasteiger partial charge on any atom is -0.508 e. The first-order valence-corrected chi connectivity index (χ1v) is 6.35. The number of piperidine rings is 1. The van der Waals surface area contributed by atoms with E-state index in [-0.39, 0.29) is 17.9 Å². The van der Waals surface area contributed by atoms with Gasteiger partial charge in [0.15, 0.2) is 0 Å². The summed E-state index contributed by atoms with van der Waals surface area (Å²) in [6.45, 7) is 2.05. The molecule has 5 nitrogen and oxygen atoms in total. The number of benzene rings is 1. The first-order valence-electron chi connectivity index (χ1n) is 6.35. The van der Waals surface area contributed by atoms with Gasteiger partial charge in [0.2, 0.25) is 0 Å². The second-order valence-electron chi connectivity index (χ2n) is 5.36. The molecule has 1 saturated heterocycles. The molecule has 1 aromatic rings. The van der Waals surface area contributed by atoms with Crippen molar-refractivity contribution in [3.8, 4) is 5.75 Å². The molecule has 108 valence electrons. The maximum Gasteiger partial charge on any atom is 0.311 e. The fraction of sp³-hybridized carbons (Fsp3) is 0.429. The number of likely N-dealkylation sites (tertiary alicyclic amines) is 1. The van der Waals surface area contributed by atoms with E-state index in [0.717, 1.165) is 6.07 Å². The number of aliphatic carboxylic acids is 1. The molecule has 1 fully saturated rings. The first kappa shape index (κ1) is 14.3. The number of phenolic OH excluding ortho intramolecular Hbond substituents is 1. The lowest BCUT2D eigenvalue weighted by Crippen LogP contribution is -2.48. The Hall–Kier alpha value is -2.11. The minimum atomic E-state index is -0.999. The van der Waals surface area contributed by atoms with Crippen LogP contribution in [-0.4, -0.2) is 40.1 Å². The Morgan fingerprint density at radius 3 is 2.70 bits per heavy atom. The molecule has 1 unspecified atom stereocenters. The third-order valence-electron chi connectivity index (χ3n) is 3.68. The maximum absolute atomic E-state index is 13.7. The number of carboxylic acids is 1. The van der Waals surface area contributed by atoms with Crippen LogP contribution >= 0.6 is 0 Å². The summed E-state index contributed by atoms with van der Waals surface area (Å²) in [5, 5.41) is 18.4. The normalized spacial score (nSPS) is 22.6. The van der Waals surface area contributed by atoms with Gasteiger partial charge in [0, 0.05) is 19.2 Å². The number of rotatable bonds is 2. The average molecular weight is 281 g/mol. The summed E-state index contributed by atoms with van der Waals surface area (Å²) in [6.07, 6.45) is 1.05. The minimum absolute atomic E-state index is 0.0570. The lowest BCUT2D eigenvalue weighted by atomic mass is 9.82. The number of phenols is 1. The Morgan fingerprint density at radius 2 is 2.10 bits per heavy atom. The molecule has 0 radical (unpaired) electrons. The molecule has 1 atom stereocenters. The van der Waals surface area contributed by atoms with Crippen LogP contribution in [0.15, 0.2) is 18.2 Å². The van der Waals surface area contributed by atoms with E-state index in [0.29, 0.717) is 19.4 Å². The van der Waals surface area contributed by atoms with Crippen molar-refractivity contribution < 1.29 is 24.2 Å². The average Bonchev–Trinajstić information content (AvgIpc) is 2.38. The van der Waals surface area contributed by atoms with Crippen molar-refractivity contribution in [2.75, 3.05) is 13.1 Å². The fourth-order valence-electron chi connectivity index (χ4n) is 2.44. The molecule has 6 heteroatoms. The highest BCUT2D eigenvalue weighted by molar-refractivity contribution is 5.95. The van der Waals surface area contributed by atoms with Gasteiger partial charge in [-0.05, 0) is 31.9 Å². The Morgan fingerprint density at radius 1 is 1.40 bits per heavy atom. The molecular formula is C14H16FNO4. The summed E-state index contributed by atoms with van der Waals surface area (Å²) in [7, 11) is 0. The van der Waals surface area contributed by atoms with Crippen LogP contribution in [-0.2, 0) is 4.79 Å². The molecule has 20 heavy (non-hydrogen) atoms. The van der Waals surface area contributed by atoms with Crippen LogP contribution in [0.25, 0.3) is 0 Å². The first-order chi connectivity index (χ1) is 9.33. The van der Waals surface area contributed by atoms with Crippen molar-refractivity contribution in [2.24, 2.45) is 5.41 Å². The van der Waals surface area contributed by atoms with Crippen molar-refractivity contribution in [1.82, 2.24) is 4.90 Å². The van der Waals surface area contributed by atoms with E-state index in [4.69, 9.17) is 5.11 Å². The predicted molar refractivity (Wildman–Crippen MR) is 68.9 cm³/mol. The zero-order chi connectivity index (χ0) is 14.9. The summed E-state index contributed by atoms with van der Waals surface area (Å²) in [6, 6.07) is 3.31. The molecule has 0 spiro atoms. The highest BCUT2D eigenvalue weighted by Gasteiger charge is 2.39. The molecular weight excluding hydrogens is 265 g/mol. The van der Waals surface area contributed by atoms with E-state index in [2.05, 4.69) is 0 Å². The standard InChI is InChI=1S/C14H16FNO4/c1-14(13(19)20)5-2-6-16(8-14)12(18)10-4-3-9(17)7-11(10)15/h3-4,7,17H,2,5-6,8H2,1H3,(H,19,20). The molecule has 1 aromatic carbocycles. The van der Waals surface area contributed by atoms with Gasteiger partial charge in [-0.15, -0.1) is 0 Å². The van der Waals surface area contributed by atoms with E-state index in [1.807, 2.05) is 0 Å². The maximum atomic E-state index is 13.7. The molecule has 0 aliphatic carbocycles. The molecule has 1 aliphatic rings. The van der Waals surface area contributed by atoms with Crippen molar-refractivity contribution in [3.05, 3.63) is 29.6 Å². The molecule has 0 saturated carbocycles. The summed E-state index contributed by atoms with van der Waals surface area (Å²) >= 11 is 0. The number of hydrogen-bond donors (Lipinski definition) is 2. The molecule has 1 aliphatic heterocycles. The van der Waals surface area contributed by atoms with Crippen LogP contribution in [0.2, 0.25) is 0 Å². The van der Waals surface area contributed by atoms with E-state index in [1.54, 1.807) is 6.92 Å². The van der Waals surface area contributed by atoms with E-state index < -0.39 is 23.1 Å². The van der Waals surface area contributed by atoms with E-state index in [1.165, 1.54) is 17.0 Å². The van der Waals surface area contributed by atoms with Crippen LogP contribution in [0.5, 0.6) is 5.75 Å². The highest BCUT2D eigenvalue weighted by Crippen LogP contribution is 2.31. The monoisotopic (exact) mass is 281 g/mol. The van der Waals surface area contributed by atoms with Gasteiger partial charge < -0.3 is 15.1 Å². The summed E-state index contributed by atoms with van der Waals surface area (Å²) < 4.78 is 13.7. The van der Waals surface area contributed by atoms with Crippen molar-refractivity contribution in [3.63, 3.8) is 0 Å². The topological polar surface area (TPSA) is 77.8 Å². The van der Waals surface area contributed by atoms with Crippen molar-refractivity contribution in [1.29, 1.82) is 0 Å². The van der Waals surface area contributed by atoms with Crippen molar-refractivity contribution >= 4 is 11.9 Å². The number of amides is 1. The third-order valence-corrected chi connectivity index (χ3v) is 3.68. The molecule has 2 N–H and O–H groups in total. The largest absolute Gasteiger partial charge is 0.508 e. The molecule has 1 amide bonds. The lowest BCUT2D eigenvalue weighted by Gasteiger charge is -2.37. The Balaban J connectivity index is 2.23. The van der Waals surface area contributed by atoms with Gasteiger partial charge in [-0.1, -0.05) is 0 Å². The van der Waals surface area contributed by atoms with Gasteiger partial charge >= 0.3 is 5.97 Å². The van der Waals surface area contributed by atoms with Gasteiger partial charge in [0.25, 0.3) is 5.91 Å². The van der Waals surface area contributed by atoms with Crippen LogP contribution in [0.3, 0.4) is 0 Å². The zero-order valence-corrected chi connectivity index (χ0v) is 11.1. The number of carbonyl (C=O) groups is 2. The fourth-order valence-corrected chi connectivity index (χ4v) is 2.44. The SMILES string of the molecule is CC1(C(=O)O)CCCN(C(=O)c2ccc(O)cc2F)C1. The van der Waals surface area contributed by atoms with Crippen molar-refractivity contribution in [2.45, 2.75) is 19.8 Å². The third kappa shape index (κ3) is 2.59. The number of nitrogens with zero attached hydrogens (tertiary/aromatic N) is 1. The summed E-state index contributed by atoms with van der Waals surface area (Å²) in [5.74, 6) is -2.57. The second-order valence-corrected chi connectivity index (χ2v) is 5.36. The van der Waals surface area contributed by atoms with E-state index in [9.17, 15) is 19.1 Å². The number of halogens is 1. The summed E-state index contributed by atoms with van der Waals surface area (Å²) in [5.41, 5.74) is -1.15. The molecule has 1 heterocycles. The van der Waals surface area contributed by atoms with Gasteiger partial charge in [-0.2, -0.15) is 0 Å². The smallest absolute Gasteiger partial charge is 0.311 e.